The summed E-state index contributed by atoms with van der Waals surface area (Å²) in [7, 11) is 1.61. The number of methoxy groups -OCH3 is 1. The zero-order valence-electron chi connectivity index (χ0n) is 20.0. The molecule has 35 heavy (non-hydrogen) atoms. The largest absolute Gasteiger partial charge is 0.493 e. The quantitative estimate of drug-likeness (QED) is 0.334. The molecule has 7 heteroatoms. The lowest BCUT2D eigenvalue weighted by Gasteiger charge is -2.17. The third-order valence-corrected chi connectivity index (χ3v) is 7.25. The Balaban J connectivity index is 1.23. The van der Waals surface area contributed by atoms with Gasteiger partial charge in [-0.25, -0.2) is 4.39 Å². The van der Waals surface area contributed by atoms with Crippen molar-refractivity contribution in [2.75, 3.05) is 33.4 Å². The minimum Gasteiger partial charge on any atom is -0.493 e. The van der Waals surface area contributed by atoms with Crippen molar-refractivity contribution >= 4 is 21.8 Å². The highest BCUT2D eigenvalue weighted by atomic mass is 19.1. The number of nitrogens with zero attached hydrogens (tertiary/aromatic N) is 2. The molecule has 2 fully saturated rings. The number of ether oxygens (including phenoxy) is 3. The summed E-state index contributed by atoms with van der Waals surface area (Å²) < 4.78 is 32.8. The van der Waals surface area contributed by atoms with E-state index in [4.69, 9.17) is 14.2 Å². The normalized spacial score (nSPS) is 16.9. The van der Waals surface area contributed by atoms with Crippen LogP contribution in [-0.4, -0.2) is 48.2 Å². The molecule has 4 aromatic rings. The fourth-order valence-corrected chi connectivity index (χ4v) is 5.11. The smallest absolute Gasteiger partial charge is 0.175 e. The molecule has 2 aromatic carbocycles. The van der Waals surface area contributed by atoms with Crippen LogP contribution in [0, 0.1) is 18.2 Å². The molecule has 6 nitrogen and oxygen atoms in total. The van der Waals surface area contributed by atoms with Gasteiger partial charge in [-0.1, -0.05) is 12.2 Å². The average Bonchev–Trinajstić information content (AvgIpc) is 3.42. The molecule has 1 aliphatic carbocycles. The van der Waals surface area contributed by atoms with Gasteiger partial charge in [0.05, 0.1) is 12.6 Å². The van der Waals surface area contributed by atoms with Crippen molar-refractivity contribution in [3.05, 3.63) is 66.3 Å². The number of benzene rings is 2. The Morgan fingerprint density at radius 2 is 1.94 bits per heavy atom. The van der Waals surface area contributed by atoms with E-state index in [1.165, 1.54) is 18.4 Å². The Kier molecular flexibility index (Phi) is 5.18. The Hall–Kier alpha value is -3.58. The third-order valence-electron chi connectivity index (χ3n) is 7.25. The van der Waals surface area contributed by atoms with Crippen LogP contribution in [0.1, 0.15) is 18.5 Å². The number of rotatable bonds is 7. The topological polar surface area (TPSA) is 59.6 Å². The van der Waals surface area contributed by atoms with Crippen LogP contribution in [-0.2, 0) is 0 Å². The molecule has 1 saturated carbocycles. The van der Waals surface area contributed by atoms with Gasteiger partial charge in [-0.2, -0.15) is 0 Å². The van der Waals surface area contributed by atoms with Gasteiger partial charge in [-0.05, 0) is 50.1 Å². The number of fused-ring (bicyclic) bond motifs is 2. The number of hydrogen-bond acceptors (Lipinski definition) is 5. The molecule has 0 amide bonds. The molecule has 1 aliphatic heterocycles. The van der Waals surface area contributed by atoms with Crippen molar-refractivity contribution in [2.45, 2.75) is 19.8 Å². The van der Waals surface area contributed by atoms with Crippen molar-refractivity contribution < 1.29 is 18.6 Å². The van der Waals surface area contributed by atoms with Crippen molar-refractivity contribution in [3.8, 4) is 23.0 Å². The lowest BCUT2D eigenvalue weighted by atomic mass is 10.0. The van der Waals surface area contributed by atoms with E-state index in [9.17, 15) is 0 Å². The summed E-state index contributed by atoms with van der Waals surface area (Å²) >= 11 is 0. The van der Waals surface area contributed by atoms with Crippen LogP contribution >= 0.6 is 0 Å². The fourth-order valence-electron chi connectivity index (χ4n) is 5.11. The Morgan fingerprint density at radius 1 is 1.09 bits per heavy atom. The second-order valence-corrected chi connectivity index (χ2v) is 9.67. The van der Waals surface area contributed by atoms with E-state index >= 15 is 4.39 Å². The zero-order valence-corrected chi connectivity index (χ0v) is 20.0. The number of nitrogens with one attached hydrogen (secondary N) is 1. The molecule has 3 heterocycles. The van der Waals surface area contributed by atoms with Gasteiger partial charge in [-0.15, -0.1) is 0 Å². The maximum absolute atomic E-state index is 15.1. The van der Waals surface area contributed by atoms with E-state index < -0.39 is 5.82 Å². The lowest BCUT2D eigenvalue weighted by molar-refractivity contribution is 0.225. The predicted octanol–water partition coefficient (Wildman–Crippen LogP) is 6.00. The second kappa shape index (κ2) is 8.27. The molecular formula is C28H28FN3O3. The molecule has 0 unspecified atom stereocenters. The summed E-state index contributed by atoms with van der Waals surface area (Å²) in [5.74, 6) is 1.46. The number of pyridine rings is 1. The van der Waals surface area contributed by atoms with Crippen molar-refractivity contribution in [2.24, 2.45) is 5.41 Å². The number of aromatic amines is 1. The standard InChI is InChI=1S/C28H28FN3O3/c1-17-15-32(16-28(17)7-8-28)10-11-34-26-14-22-19(13-25(26)33-3)23(6-9-30-22)35-24-5-4-21-20(27(24)29)12-18(2)31-21/h4-6,9,12-14,31H,1,7-8,10-11,15-16H2,2-3H3. The molecule has 180 valence electrons. The van der Waals surface area contributed by atoms with Crippen LogP contribution < -0.4 is 14.2 Å². The number of halogens is 1. The first-order chi connectivity index (χ1) is 17.0. The number of aryl methyl sites for hydroxylation is 1. The second-order valence-electron chi connectivity index (χ2n) is 9.67. The van der Waals surface area contributed by atoms with Crippen LogP contribution in [0.15, 0.2) is 54.7 Å². The van der Waals surface area contributed by atoms with Crippen LogP contribution in [0.5, 0.6) is 23.0 Å². The van der Waals surface area contributed by atoms with Crippen LogP contribution in [0.4, 0.5) is 4.39 Å². The van der Waals surface area contributed by atoms with Crippen molar-refractivity contribution in [1.82, 2.24) is 14.9 Å². The fraction of sp³-hybridized carbons (Fsp3) is 0.321. The highest BCUT2D eigenvalue weighted by Gasteiger charge is 2.50. The summed E-state index contributed by atoms with van der Waals surface area (Å²) in [4.78, 5) is 10.0. The van der Waals surface area contributed by atoms with Crippen LogP contribution in [0.3, 0.4) is 0 Å². The van der Waals surface area contributed by atoms with Gasteiger partial charge in [0.1, 0.15) is 12.4 Å². The van der Waals surface area contributed by atoms with Crippen molar-refractivity contribution in [3.63, 3.8) is 0 Å². The van der Waals surface area contributed by atoms with Crippen molar-refractivity contribution in [1.29, 1.82) is 0 Å². The van der Waals surface area contributed by atoms with E-state index in [2.05, 4.69) is 21.4 Å². The molecular weight excluding hydrogens is 445 g/mol. The average molecular weight is 474 g/mol. The molecule has 0 atom stereocenters. The molecule has 1 saturated heterocycles. The third kappa shape index (κ3) is 3.90. The summed E-state index contributed by atoms with van der Waals surface area (Å²) in [6.45, 7) is 9.56. The number of hydrogen-bond donors (Lipinski definition) is 1. The van der Waals surface area contributed by atoms with E-state index in [1.807, 2.05) is 25.1 Å². The van der Waals surface area contributed by atoms with Crippen LogP contribution in [0.2, 0.25) is 0 Å². The molecule has 1 spiro atoms. The molecule has 2 aliphatic rings. The maximum Gasteiger partial charge on any atom is 0.175 e. The molecule has 6 rings (SSSR count). The monoisotopic (exact) mass is 473 g/mol. The highest BCUT2D eigenvalue weighted by molar-refractivity contribution is 5.89. The minimum absolute atomic E-state index is 0.156. The molecule has 2 aromatic heterocycles. The van der Waals surface area contributed by atoms with Gasteiger partial charge < -0.3 is 19.2 Å². The zero-order chi connectivity index (χ0) is 24.2. The Bertz CT molecular complexity index is 1460. The van der Waals surface area contributed by atoms with Gasteiger partial charge in [0, 0.05) is 59.3 Å². The van der Waals surface area contributed by atoms with Crippen LogP contribution in [0.25, 0.3) is 21.8 Å². The lowest BCUT2D eigenvalue weighted by Crippen LogP contribution is -2.26. The molecule has 1 N–H and O–H groups in total. The van der Waals surface area contributed by atoms with Gasteiger partial charge in [-0.3, -0.25) is 9.88 Å². The first kappa shape index (κ1) is 21.9. The molecule has 0 radical (unpaired) electrons. The van der Waals surface area contributed by atoms with E-state index in [1.54, 1.807) is 31.5 Å². The first-order valence-electron chi connectivity index (χ1n) is 11.9. The summed E-state index contributed by atoms with van der Waals surface area (Å²) in [6, 6.07) is 10.6. The summed E-state index contributed by atoms with van der Waals surface area (Å²) in [5.41, 5.74) is 4.05. The minimum atomic E-state index is -0.402. The Labute approximate surface area is 203 Å². The van der Waals surface area contributed by atoms with Gasteiger partial charge >= 0.3 is 0 Å². The van der Waals surface area contributed by atoms with Gasteiger partial charge in [0.15, 0.2) is 23.1 Å². The maximum atomic E-state index is 15.1. The molecule has 0 bridgehead atoms. The van der Waals surface area contributed by atoms with E-state index in [0.717, 1.165) is 30.8 Å². The first-order valence-corrected chi connectivity index (χ1v) is 11.9. The van der Waals surface area contributed by atoms with Gasteiger partial charge in [0.2, 0.25) is 0 Å². The highest BCUT2D eigenvalue weighted by Crippen LogP contribution is 2.55. The predicted molar refractivity (Wildman–Crippen MR) is 134 cm³/mol. The Morgan fingerprint density at radius 3 is 2.71 bits per heavy atom. The van der Waals surface area contributed by atoms with E-state index in [-0.39, 0.29) is 5.75 Å². The number of likely N-dealkylation sites (tertiary alicyclic amines) is 1. The van der Waals surface area contributed by atoms with E-state index in [0.29, 0.717) is 45.6 Å². The number of aromatic nitrogens is 2. The van der Waals surface area contributed by atoms with Gasteiger partial charge in [0.25, 0.3) is 0 Å². The summed E-state index contributed by atoms with van der Waals surface area (Å²) in [5, 5.41) is 1.22. The summed E-state index contributed by atoms with van der Waals surface area (Å²) in [6.07, 6.45) is 4.18. The SMILES string of the molecule is C=C1CN(CCOc2cc3nccc(Oc4ccc5[nH]c(C)cc5c4F)c3cc2OC)CC12CC2. The number of H-pyrrole nitrogens is 1.